The van der Waals surface area contributed by atoms with Crippen molar-refractivity contribution in [1.82, 2.24) is 95.4 Å². The largest absolute Gasteiger partial charge is 0.481 e. The highest BCUT2D eigenvalue weighted by atomic mass is 32.2. The minimum atomic E-state index is -1.79. The number of aromatic nitrogens is 1. The summed E-state index contributed by atoms with van der Waals surface area (Å²) in [4.78, 5) is 261. The molecule has 2 rings (SSSR count). The van der Waals surface area contributed by atoms with Crippen LogP contribution in [0.25, 0.3) is 10.9 Å². The van der Waals surface area contributed by atoms with Crippen LogP contribution in [0.1, 0.15) is 174 Å². The number of nitrogens with one attached hydrogen (secondary N) is 18. The molecular weight excluding hydrogens is 1720 g/mol. The van der Waals surface area contributed by atoms with Gasteiger partial charge in [-0.2, -0.15) is 23.5 Å². The third-order valence-electron chi connectivity index (χ3n) is 19.9. The lowest BCUT2D eigenvalue weighted by atomic mass is 9.99. The number of hydrogen-bond acceptors (Lipinski definition) is 25. The second-order valence-corrected chi connectivity index (χ2v) is 36.3. The third kappa shape index (κ3) is 42.6. The number of nitrogens with two attached hydrogens (primary N) is 1. The molecule has 726 valence electrons. The summed E-state index contributed by atoms with van der Waals surface area (Å²) >= 11 is 2.73. The highest BCUT2D eigenvalue weighted by molar-refractivity contribution is 7.98. The molecule has 25 N–H and O–H groups in total. The van der Waals surface area contributed by atoms with Crippen LogP contribution in [0.15, 0.2) is 30.5 Å². The topological polar surface area (TPSA) is 672 Å². The summed E-state index contributed by atoms with van der Waals surface area (Å²) in [6, 6.07) is -14.3. The van der Waals surface area contributed by atoms with Crippen LogP contribution in [0.5, 0.6) is 0 Å². The number of amides is 17. The average Bonchev–Trinajstić information content (AvgIpc) is 1.69. The zero-order chi connectivity index (χ0) is 98.0. The van der Waals surface area contributed by atoms with Gasteiger partial charge in [0.05, 0.1) is 44.5 Å². The van der Waals surface area contributed by atoms with Gasteiger partial charge in [0.2, 0.25) is 100 Å². The van der Waals surface area contributed by atoms with Gasteiger partial charge >= 0.3 is 11.9 Å². The SMILES string of the molecule is CSCC[C@H](NC(=O)CNC(=O)[C@H](CC(C)C)NC(=O)[C@H](CC(C)C)NC(=O)[C@H](CCC(=O)O)NC(=O)[C@H](CC(C)C)NC(=O)CNC(=O)[C@@H](NC(=O)[C@H](CO)NC(=O)[C@H](C)NC(=O)[C@@H](N)CCSC)[C@@H](C)O)C(=O)N[C@H](C(=O)N[C@@H](CC(C)C)C(=O)N[C@@H](C)C(=O)N[C@H](C(=O)N[C@@H](CC(C)C)C(=O)NCC(=O)N[C@@H](Cc1c[nH]c2ccccc12)C(=O)O)C(C)C)[C@@H](C)O. The number of carbonyl (C=O) groups excluding carboxylic acids is 17. The zero-order valence-electron chi connectivity index (χ0n) is 76.9. The highest BCUT2D eigenvalue weighted by Gasteiger charge is 2.39. The quantitative estimate of drug-likeness (QED) is 0.0303. The number of carbonyl (C=O) groups is 19. The minimum absolute atomic E-state index is 0.0450. The van der Waals surface area contributed by atoms with Crippen molar-refractivity contribution in [3.8, 4) is 0 Å². The molecule has 0 unspecified atom stereocenters. The smallest absolute Gasteiger partial charge is 0.326 e. The predicted molar refractivity (Wildman–Crippen MR) is 480 cm³/mol. The van der Waals surface area contributed by atoms with Crippen molar-refractivity contribution in [1.29, 1.82) is 0 Å². The second kappa shape index (κ2) is 58.0. The van der Waals surface area contributed by atoms with Gasteiger partial charge in [0, 0.05) is 29.9 Å². The normalized spacial score (nSPS) is 15.4. The molecule has 43 nitrogen and oxygen atoms in total. The molecule has 1 aromatic heterocycles. The third-order valence-corrected chi connectivity index (χ3v) is 21.2. The van der Waals surface area contributed by atoms with E-state index >= 15 is 0 Å². The van der Waals surface area contributed by atoms with E-state index in [9.17, 15) is 117 Å². The van der Waals surface area contributed by atoms with E-state index in [-0.39, 0.29) is 80.3 Å². The number of hydrogen-bond donors (Lipinski definition) is 24. The first-order valence-corrected chi connectivity index (χ1v) is 45.9. The zero-order valence-corrected chi connectivity index (χ0v) is 78.5. The maximum absolute atomic E-state index is 14.4. The van der Waals surface area contributed by atoms with Crippen LogP contribution in [0.2, 0.25) is 0 Å². The Bertz CT molecular complexity index is 4110. The summed E-state index contributed by atoms with van der Waals surface area (Å²) in [5, 5.41) is 93.8. The van der Waals surface area contributed by atoms with Crippen molar-refractivity contribution in [2.45, 2.75) is 278 Å². The number of H-pyrrole nitrogens is 1. The standard InChI is InChI=1S/C84H139N19O24S2/c1-40(2)29-56(96-79(121)60(33-44(9)10)97-75(117)54(23-24-66(110)111)95-78(120)58(31-42(5)6)93-64(108)38-89-81(123)68(48(15)105)102-80(122)62(39-104)100-70(112)46(13)90-72(114)52(85)25-27-128-17)73(115)87-36-63(107)92-55(26-28-129-18)76(118)103-69(49(16)106)83(125)99-59(32-43(7)8)77(119)91-47(14)71(113)101-67(45(11)12)82(124)98-57(30-41(3)4)74(116)88-37-65(109)94-61(84(126)127)34-50-35-86-53-22-20-19-21-51(50)53/h19-22,35,40-49,52,54-62,67-69,86,104-106H,23-34,36-39,85H2,1-18H3,(H,87,115)(H,88,116)(H,89,123)(H,90,114)(H,91,119)(H,92,107)(H,93,108)(H,94,109)(H,95,120)(H,96,121)(H,97,117)(H,98,124)(H,99,125)(H,100,112)(H,101,113)(H,102,122)(H,103,118)(H,110,111)(H,126,127)/t46-,47-,48+,49+,52-,54-,55-,56-,57-,58-,59-,60-,61-,62-,67-,68-,69-/m0/s1. The first-order valence-electron chi connectivity index (χ1n) is 43.1. The van der Waals surface area contributed by atoms with Gasteiger partial charge in [-0.3, -0.25) is 86.3 Å². The number of carboxylic acids is 2. The highest BCUT2D eigenvalue weighted by Crippen LogP contribution is 2.21. The molecule has 2 aromatic rings. The molecule has 0 spiro atoms. The maximum atomic E-state index is 14.4. The fraction of sp³-hybridized carbons (Fsp3) is 0.679. The lowest BCUT2D eigenvalue weighted by Crippen LogP contribution is -2.61. The number of para-hydroxylation sites is 1. The van der Waals surface area contributed by atoms with Crippen LogP contribution in [0.3, 0.4) is 0 Å². The van der Waals surface area contributed by atoms with Crippen molar-refractivity contribution < 1.29 is 117 Å². The Morgan fingerprint density at radius 2 is 0.698 bits per heavy atom. The Kier molecular flexibility index (Phi) is 51.4. The molecule has 0 aliphatic heterocycles. The monoisotopic (exact) mass is 1860 g/mol. The Hall–Kier alpha value is -10.8. The van der Waals surface area contributed by atoms with Gasteiger partial charge in [-0.15, -0.1) is 0 Å². The van der Waals surface area contributed by atoms with E-state index in [1.807, 2.05) is 18.4 Å². The fourth-order valence-corrected chi connectivity index (χ4v) is 13.9. The van der Waals surface area contributed by atoms with E-state index in [0.717, 1.165) is 17.8 Å². The van der Waals surface area contributed by atoms with Crippen LogP contribution < -0.4 is 96.1 Å². The molecule has 0 saturated carbocycles. The van der Waals surface area contributed by atoms with Crippen LogP contribution in [-0.4, -0.2) is 296 Å². The number of carboxylic acid groups (broad SMARTS) is 2. The number of aliphatic carboxylic acids is 2. The van der Waals surface area contributed by atoms with Gasteiger partial charge in [-0.1, -0.05) is 101 Å². The summed E-state index contributed by atoms with van der Waals surface area (Å²) in [6.45, 7) is 22.0. The first-order chi connectivity index (χ1) is 60.3. The van der Waals surface area contributed by atoms with Gasteiger partial charge in [-0.05, 0) is 150 Å². The molecule has 0 aliphatic carbocycles. The Labute approximate surface area is 760 Å². The molecule has 17 amide bonds. The Balaban J connectivity index is 2.24. The van der Waals surface area contributed by atoms with Crippen molar-refractivity contribution in [3.63, 3.8) is 0 Å². The number of aliphatic hydroxyl groups is 3. The average molecular weight is 1860 g/mol. The van der Waals surface area contributed by atoms with Gasteiger partial charge in [0.1, 0.15) is 84.6 Å². The summed E-state index contributed by atoms with van der Waals surface area (Å²) in [7, 11) is 0. The summed E-state index contributed by atoms with van der Waals surface area (Å²) in [5.41, 5.74) is 7.29. The molecule has 0 bridgehead atoms. The van der Waals surface area contributed by atoms with Crippen molar-refractivity contribution in [3.05, 3.63) is 36.0 Å². The van der Waals surface area contributed by atoms with Crippen molar-refractivity contribution in [2.75, 3.05) is 50.3 Å². The molecular formula is C84H139N19O24S2. The lowest BCUT2D eigenvalue weighted by molar-refractivity contribution is -0.142. The number of thioether (sulfide) groups is 2. The minimum Gasteiger partial charge on any atom is -0.481 e. The van der Waals surface area contributed by atoms with E-state index in [1.165, 1.54) is 44.3 Å². The number of aliphatic hydroxyl groups excluding tert-OH is 3. The van der Waals surface area contributed by atoms with E-state index in [2.05, 4.69) is 95.4 Å². The summed E-state index contributed by atoms with van der Waals surface area (Å²) in [6.07, 6.45) is 0.611. The summed E-state index contributed by atoms with van der Waals surface area (Å²) < 4.78 is 0. The molecule has 17 atom stereocenters. The molecule has 0 fully saturated rings. The maximum Gasteiger partial charge on any atom is 0.326 e. The fourth-order valence-electron chi connectivity index (χ4n) is 13.0. The Morgan fingerprint density at radius 3 is 1.13 bits per heavy atom. The van der Waals surface area contributed by atoms with E-state index in [4.69, 9.17) is 5.73 Å². The molecule has 0 radical (unpaired) electrons. The molecule has 0 saturated heterocycles. The van der Waals surface area contributed by atoms with Crippen LogP contribution in [0, 0.1) is 35.5 Å². The summed E-state index contributed by atoms with van der Waals surface area (Å²) in [5.74, 6) is -19.8. The van der Waals surface area contributed by atoms with Crippen LogP contribution in [-0.2, 0) is 97.5 Å². The molecule has 45 heteroatoms. The number of fused-ring (bicyclic) bond motifs is 1. The molecule has 1 heterocycles. The van der Waals surface area contributed by atoms with Crippen molar-refractivity contribution in [2.24, 2.45) is 41.2 Å². The Morgan fingerprint density at radius 1 is 0.364 bits per heavy atom. The number of rotatable bonds is 60. The van der Waals surface area contributed by atoms with Gasteiger partial charge in [0.15, 0.2) is 0 Å². The molecule has 129 heavy (non-hydrogen) atoms. The number of aromatic amines is 1. The lowest BCUT2D eigenvalue weighted by Gasteiger charge is -2.29. The first kappa shape index (κ1) is 114. The van der Waals surface area contributed by atoms with Gasteiger partial charge in [-0.25, -0.2) is 4.79 Å². The number of benzene rings is 1. The van der Waals surface area contributed by atoms with Crippen LogP contribution in [0.4, 0.5) is 0 Å². The van der Waals surface area contributed by atoms with Gasteiger partial charge < -0.3 is 127 Å². The molecule has 0 aliphatic rings. The van der Waals surface area contributed by atoms with Crippen LogP contribution >= 0.6 is 23.5 Å². The van der Waals surface area contributed by atoms with Crippen molar-refractivity contribution >= 4 is 147 Å². The van der Waals surface area contributed by atoms with E-state index < -0.39 is 260 Å². The van der Waals surface area contributed by atoms with E-state index in [1.54, 1.807) is 108 Å². The van der Waals surface area contributed by atoms with E-state index in [0.29, 0.717) is 17.7 Å². The predicted octanol–water partition coefficient (Wildman–Crippen LogP) is -3.69. The molecule has 1 aromatic carbocycles. The second-order valence-electron chi connectivity index (χ2n) is 34.4. The van der Waals surface area contributed by atoms with Gasteiger partial charge in [0.25, 0.3) is 0 Å².